The fraction of sp³-hybridized carbons (Fsp3) is 0. The quantitative estimate of drug-likeness (QED) is 0.791. The van der Waals surface area contributed by atoms with E-state index in [9.17, 15) is 18.6 Å². The van der Waals surface area contributed by atoms with E-state index < -0.39 is 10.0 Å². The molecular weight excluding hydrogens is 254 g/mol. The summed E-state index contributed by atoms with van der Waals surface area (Å²) >= 11 is 0. The van der Waals surface area contributed by atoms with Gasteiger partial charge in [0.15, 0.2) is 0 Å². The first-order chi connectivity index (χ1) is 8.47. The van der Waals surface area contributed by atoms with Crippen LogP contribution in [0.5, 0.6) is 11.5 Å². The highest BCUT2D eigenvalue weighted by molar-refractivity contribution is 7.92. The lowest BCUT2D eigenvalue weighted by Gasteiger charge is -2.08. The van der Waals surface area contributed by atoms with E-state index in [1.165, 1.54) is 0 Å². The minimum Gasteiger partial charge on any atom is -0.508 e. The van der Waals surface area contributed by atoms with E-state index in [4.69, 9.17) is 0 Å². The second kappa shape index (κ2) is 4.58. The van der Waals surface area contributed by atoms with Gasteiger partial charge in [-0.25, -0.2) is 8.42 Å². The first-order valence-electron chi connectivity index (χ1n) is 5.08. The van der Waals surface area contributed by atoms with Gasteiger partial charge in [0.25, 0.3) is 10.0 Å². The fourth-order valence-corrected chi connectivity index (χ4v) is 2.56. The lowest BCUT2D eigenvalue weighted by Crippen LogP contribution is -2.12. The topological polar surface area (TPSA) is 86.6 Å². The summed E-state index contributed by atoms with van der Waals surface area (Å²) in [6.07, 6.45) is 0. The van der Waals surface area contributed by atoms with Gasteiger partial charge in [0.05, 0.1) is 4.90 Å². The highest BCUT2D eigenvalue weighted by Crippen LogP contribution is 2.25. The van der Waals surface area contributed by atoms with Crippen LogP contribution < -0.4 is 4.72 Å². The molecule has 2 rings (SSSR count). The van der Waals surface area contributed by atoms with E-state index in [1.54, 1.807) is 30.3 Å². The second-order valence-corrected chi connectivity index (χ2v) is 5.34. The number of rotatable bonds is 3. The van der Waals surface area contributed by atoms with Crippen molar-refractivity contribution >= 4 is 15.7 Å². The predicted molar refractivity (Wildman–Crippen MR) is 67.0 cm³/mol. The molecule has 0 aliphatic heterocycles. The first-order valence-corrected chi connectivity index (χ1v) is 6.56. The highest BCUT2D eigenvalue weighted by atomic mass is 32.2. The van der Waals surface area contributed by atoms with Gasteiger partial charge in [-0.15, -0.1) is 0 Å². The maximum absolute atomic E-state index is 12.0. The lowest BCUT2D eigenvalue weighted by atomic mass is 10.3. The number of phenolic OH excluding ortho intramolecular Hbond substituents is 2. The summed E-state index contributed by atoms with van der Waals surface area (Å²) in [5.74, 6) is -0.633. The fourth-order valence-electron chi connectivity index (χ4n) is 1.44. The maximum Gasteiger partial charge on any atom is 0.262 e. The minimum atomic E-state index is -3.83. The van der Waals surface area contributed by atoms with E-state index in [-0.39, 0.29) is 16.4 Å². The van der Waals surface area contributed by atoms with Crippen molar-refractivity contribution in [3.63, 3.8) is 0 Å². The van der Waals surface area contributed by atoms with Gasteiger partial charge >= 0.3 is 0 Å². The van der Waals surface area contributed by atoms with Gasteiger partial charge in [0.2, 0.25) is 0 Å². The van der Waals surface area contributed by atoms with Crippen molar-refractivity contribution in [2.24, 2.45) is 0 Å². The molecule has 0 saturated carbocycles. The van der Waals surface area contributed by atoms with Gasteiger partial charge in [-0.1, -0.05) is 18.2 Å². The average Bonchev–Trinajstić information content (AvgIpc) is 2.28. The maximum atomic E-state index is 12.0. The molecule has 0 spiro atoms. The standard InChI is InChI=1S/C12H11NO4S/c14-10-6-11(15)8-12(7-10)18(16,17)13-9-4-2-1-3-5-9/h1-8,13-15H. The Kier molecular flexibility index (Phi) is 3.12. The number of hydrogen-bond donors (Lipinski definition) is 3. The summed E-state index contributed by atoms with van der Waals surface area (Å²) in [5.41, 5.74) is 0.403. The smallest absolute Gasteiger partial charge is 0.262 e. The van der Waals surface area contributed by atoms with Gasteiger partial charge in [-0.3, -0.25) is 4.72 Å². The van der Waals surface area contributed by atoms with Crippen molar-refractivity contribution in [2.75, 3.05) is 4.72 Å². The third-order valence-electron chi connectivity index (χ3n) is 2.21. The van der Waals surface area contributed by atoms with Crippen LogP contribution in [-0.4, -0.2) is 18.6 Å². The summed E-state index contributed by atoms with van der Waals surface area (Å²) in [7, 11) is -3.83. The molecule has 18 heavy (non-hydrogen) atoms. The monoisotopic (exact) mass is 265 g/mol. The minimum absolute atomic E-state index is 0.205. The van der Waals surface area contributed by atoms with Crippen LogP contribution in [0.15, 0.2) is 53.4 Å². The van der Waals surface area contributed by atoms with Crippen molar-refractivity contribution < 1.29 is 18.6 Å². The van der Waals surface area contributed by atoms with Crippen LogP contribution >= 0.6 is 0 Å². The van der Waals surface area contributed by atoms with Gasteiger partial charge in [-0.2, -0.15) is 0 Å². The molecule has 0 radical (unpaired) electrons. The molecule has 0 bridgehead atoms. The van der Waals surface area contributed by atoms with E-state index in [1.807, 2.05) is 0 Å². The molecule has 2 aromatic carbocycles. The largest absolute Gasteiger partial charge is 0.508 e. The zero-order chi connectivity index (χ0) is 13.2. The summed E-state index contributed by atoms with van der Waals surface area (Å²) in [6.45, 7) is 0. The summed E-state index contributed by atoms with van der Waals surface area (Å²) in [5, 5.41) is 18.5. The average molecular weight is 265 g/mol. The van der Waals surface area contributed by atoms with Crippen molar-refractivity contribution in [2.45, 2.75) is 4.90 Å². The molecule has 0 amide bonds. The number of anilines is 1. The number of phenols is 2. The molecule has 0 atom stereocenters. The Bertz CT molecular complexity index is 633. The number of aromatic hydroxyl groups is 2. The normalized spacial score (nSPS) is 11.1. The first kappa shape index (κ1) is 12.3. The van der Waals surface area contributed by atoms with Gasteiger partial charge < -0.3 is 10.2 Å². The second-order valence-electron chi connectivity index (χ2n) is 3.66. The van der Waals surface area contributed by atoms with Crippen LogP contribution in [0.3, 0.4) is 0 Å². The number of sulfonamides is 1. The molecule has 0 saturated heterocycles. The molecule has 5 nitrogen and oxygen atoms in total. The molecule has 0 aliphatic carbocycles. The predicted octanol–water partition coefficient (Wildman–Crippen LogP) is 1.90. The van der Waals surface area contributed by atoms with Gasteiger partial charge in [0.1, 0.15) is 11.5 Å². The third kappa shape index (κ3) is 2.72. The SMILES string of the molecule is O=S(=O)(Nc1ccccc1)c1cc(O)cc(O)c1. The van der Waals surface area contributed by atoms with Gasteiger partial charge in [-0.05, 0) is 12.1 Å². The number of benzene rings is 2. The molecule has 0 heterocycles. The Morgan fingerprint density at radius 3 is 2.00 bits per heavy atom. The Morgan fingerprint density at radius 2 is 1.44 bits per heavy atom. The van der Waals surface area contributed by atoms with Crippen LogP contribution in [0.4, 0.5) is 5.69 Å². The molecule has 3 N–H and O–H groups in total. The van der Waals surface area contributed by atoms with Crippen LogP contribution in [0, 0.1) is 0 Å². The van der Waals surface area contributed by atoms with Crippen molar-refractivity contribution in [3.8, 4) is 11.5 Å². The van der Waals surface area contributed by atoms with Crippen LogP contribution in [-0.2, 0) is 10.0 Å². The molecule has 0 fully saturated rings. The number of para-hydroxylation sites is 1. The van der Waals surface area contributed by atoms with E-state index >= 15 is 0 Å². The zero-order valence-electron chi connectivity index (χ0n) is 9.24. The van der Waals surface area contributed by atoms with Crippen molar-refractivity contribution in [1.82, 2.24) is 0 Å². The number of hydrogen-bond acceptors (Lipinski definition) is 4. The van der Waals surface area contributed by atoms with E-state index in [2.05, 4.69) is 4.72 Å². The van der Waals surface area contributed by atoms with Gasteiger partial charge in [0, 0.05) is 23.9 Å². The summed E-state index contributed by atoms with van der Waals surface area (Å²) in [4.78, 5) is -0.205. The summed E-state index contributed by atoms with van der Waals surface area (Å²) < 4.78 is 26.3. The Balaban J connectivity index is 2.37. The van der Waals surface area contributed by atoms with E-state index in [0.717, 1.165) is 18.2 Å². The summed E-state index contributed by atoms with van der Waals surface area (Å²) in [6, 6.07) is 11.5. The molecule has 94 valence electrons. The Morgan fingerprint density at radius 1 is 0.889 bits per heavy atom. The Hall–Kier alpha value is -2.21. The third-order valence-corrected chi connectivity index (χ3v) is 3.57. The molecular formula is C12H11NO4S. The van der Waals surface area contributed by atoms with Crippen LogP contribution in [0.2, 0.25) is 0 Å². The molecule has 2 aromatic rings. The molecule has 0 unspecified atom stereocenters. The van der Waals surface area contributed by atoms with Crippen molar-refractivity contribution in [1.29, 1.82) is 0 Å². The highest BCUT2D eigenvalue weighted by Gasteiger charge is 2.15. The van der Waals surface area contributed by atoms with E-state index in [0.29, 0.717) is 5.69 Å². The molecule has 0 aromatic heterocycles. The zero-order valence-corrected chi connectivity index (χ0v) is 10.1. The van der Waals surface area contributed by atoms with Crippen LogP contribution in [0.1, 0.15) is 0 Å². The molecule has 6 heteroatoms. The Labute approximate surface area is 104 Å². The molecule has 0 aliphatic rings. The van der Waals surface area contributed by atoms with Crippen LogP contribution in [0.25, 0.3) is 0 Å². The number of nitrogens with one attached hydrogen (secondary N) is 1. The lowest BCUT2D eigenvalue weighted by molar-refractivity contribution is 0.447. The van der Waals surface area contributed by atoms with Crippen molar-refractivity contribution in [3.05, 3.63) is 48.5 Å².